The molecule has 1 amide bonds. The molecule has 1 aromatic rings. The fourth-order valence-corrected chi connectivity index (χ4v) is 2.37. The Bertz CT molecular complexity index is 386. The first-order chi connectivity index (χ1) is 8.68. The molecule has 2 heterocycles. The van der Waals surface area contributed by atoms with Gasteiger partial charge in [-0.15, -0.1) is 0 Å². The molecule has 0 aromatic carbocycles. The van der Waals surface area contributed by atoms with Crippen molar-refractivity contribution in [1.82, 2.24) is 15.5 Å². The average molecular weight is 250 g/mol. The van der Waals surface area contributed by atoms with Crippen LogP contribution in [0.4, 0.5) is 5.69 Å². The van der Waals surface area contributed by atoms with E-state index in [0.717, 1.165) is 42.9 Å². The highest BCUT2D eigenvalue weighted by atomic mass is 16.2. The van der Waals surface area contributed by atoms with Crippen LogP contribution in [-0.4, -0.2) is 28.7 Å². The number of aromatic amines is 1. The third kappa shape index (κ3) is 3.10. The predicted molar refractivity (Wildman–Crippen MR) is 71.6 cm³/mol. The summed E-state index contributed by atoms with van der Waals surface area (Å²) in [5.74, 6) is 0.0597. The Labute approximate surface area is 108 Å². The van der Waals surface area contributed by atoms with Gasteiger partial charge in [0.05, 0.1) is 23.1 Å². The first kappa shape index (κ1) is 13.1. The topological polar surface area (TPSA) is 69.8 Å². The minimum atomic E-state index is -0.0704. The molecule has 0 radical (unpaired) electrons. The fourth-order valence-electron chi connectivity index (χ4n) is 2.37. The van der Waals surface area contributed by atoms with Gasteiger partial charge in [-0.2, -0.15) is 5.10 Å². The van der Waals surface area contributed by atoms with Crippen molar-refractivity contribution >= 4 is 11.6 Å². The van der Waals surface area contributed by atoms with Gasteiger partial charge in [0.1, 0.15) is 0 Å². The summed E-state index contributed by atoms with van der Waals surface area (Å²) in [6.07, 6.45) is 5.69. The number of anilines is 1. The Kier molecular flexibility index (Phi) is 4.36. The van der Waals surface area contributed by atoms with Crippen molar-refractivity contribution in [2.45, 2.75) is 52.0 Å². The van der Waals surface area contributed by atoms with Crippen LogP contribution in [0.5, 0.6) is 0 Å². The molecule has 1 aromatic heterocycles. The zero-order valence-corrected chi connectivity index (χ0v) is 11.2. The van der Waals surface area contributed by atoms with Crippen molar-refractivity contribution in [3.8, 4) is 0 Å². The Morgan fingerprint density at radius 2 is 2.06 bits per heavy atom. The van der Waals surface area contributed by atoms with Crippen molar-refractivity contribution in [2.24, 2.45) is 0 Å². The zero-order valence-electron chi connectivity index (χ0n) is 11.2. The van der Waals surface area contributed by atoms with Crippen molar-refractivity contribution in [2.75, 3.05) is 11.9 Å². The monoisotopic (exact) mass is 250 g/mol. The summed E-state index contributed by atoms with van der Waals surface area (Å²) in [6, 6.07) is -0.0704. The summed E-state index contributed by atoms with van der Waals surface area (Å²) in [5.41, 5.74) is 2.57. The van der Waals surface area contributed by atoms with Crippen molar-refractivity contribution in [3.05, 3.63) is 11.4 Å². The molecule has 1 atom stereocenters. The van der Waals surface area contributed by atoms with Crippen LogP contribution in [0.15, 0.2) is 0 Å². The number of amides is 1. The summed E-state index contributed by atoms with van der Waals surface area (Å²) in [4.78, 5) is 12.2. The Morgan fingerprint density at radius 1 is 1.28 bits per heavy atom. The van der Waals surface area contributed by atoms with Gasteiger partial charge < -0.3 is 10.6 Å². The van der Waals surface area contributed by atoms with E-state index in [4.69, 9.17) is 0 Å². The summed E-state index contributed by atoms with van der Waals surface area (Å²) >= 11 is 0. The molecule has 18 heavy (non-hydrogen) atoms. The molecular weight excluding hydrogens is 228 g/mol. The number of H-pyrrole nitrogens is 1. The third-order valence-electron chi connectivity index (χ3n) is 3.50. The normalized spacial score (nSPS) is 21.1. The third-order valence-corrected chi connectivity index (χ3v) is 3.50. The van der Waals surface area contributed by atoms with E-state index in [1.54, 1.807) is 0 Å². The molecule has 1 fully saturated rings. The second kappa shape index (κ2) is 6.00. The summed E-state index contributed by atoms with van der Waals surface area (Å²) in [7, 11) is 0. The van der Waals surface area contributed by atoms with Gasteiger partial charge in [0, 0.05) is 0 Å². The molecule has 1 unspecified atom stereocenters. The number of carbonyl (C=O) groups is 1. The molecule has 1 saturated heterocycles. The van der Waals surface area contributed by atoms with Gasteiger partial charge in [-0.05, 0) is 33.2 Å². The van der Waals surface area contributed by atoms with Crippen LogP contribution in [-0.2, 0) is 4.79 Å². The Morgan fingerprint density at radius 3 is 2.78 bits per heavy atom. The van der Waals surface area contributed by atoms with Crippen molar-refractivity contribution < 1.29 is 4.79 Å². The first-order valence-corrected chi connectivity index (χ1v) is 6.74. The van der Waals surface area contributed by atoms with Crippen molar-refractivity contribution in [1.29, 1.82) is 0 Å². The number of carbonyl (C=O) groups excluding carboxylic acids is 1. The fraction of sp³-hybridized carbons (Fsp3) is 0.692. The number of hydrogen-bond acceptors (Lipinski definition) is 3. The molecule has 2 rings (SSSR count). The van der Waals surface area contributed by atoms with E-state index in [1.807, 2.05) is 13.8 Å². The maximum Gasteiger partial charge on any atom is 0.241 e. The van der Waals surface area contributed by atoms with Gasteiger partial charge in [0.15, 0.2) is 0 Å². The molecule has 1 aliphatic rings. The van der Waals surface area contributed by atoms with Gasteiger partial charge in [-0.3, -0.25) is 9.89 Å². The van der Waals surface area contributed by atoms with Crippen LogP contribution in [0.1, 0.15) is 43.5 Å². The molecule has 0 saturated carbocycles. The van der Waals surface area contributed by atoms with E-state index < -0.39 is 0 Å². The lowest BCUT2D eigenvalue weighted by Gasteiger charge is -2.20. The number of hydrogen-bond donors (Lipinski definition) is 3. The molecule has 100 valence electrons. The SMILES string of the molecule is Cc1n[nH]c(C)c1NC(=O)C1CCCCCCN1. The summed E-state index contributed by atoms with van der Waals surface area (Å²) in [5, 5.41) is 13.3. The van der Waals surface area contributed by atoms with Gasteiger partial charge in [-0.1, -0.05) is 19.3 Å². The van der Waals surface area contributed by atoms with Crippen LogP contribution < -0.4 is 10.6 Å². The van der Waals surface area contributed by atoms with E-state index in [0.29, 0.717) is 0 Å². The molecule has 0 bridgehead atoms. The van der Waals surface area contributed by atoms with E-state index in [2.05, 4.69) is 20.8 Å². The lowest BCUT2D eigenvalue weighted by atomic mass is 10.0. The molecule has 5 heteroatoms. The number of nitrogens with one attached hydrogen (secondary N) is 3. The Hall–Kier alpha value is -1.36. The molecular formula is C13H22N4O. The smallest absolute Gasteiger partial charge is 0.241 e. The van der Waals surface area contributed by atoms with Gasteiger partial charge in [0.2, 0.25) is 5.91 Å². The Balaban J connectivity index is 1.98. The van der Waals surface area contributed by atoms with Crippen LogP contribution >= 0.6 is 0 Å². The minimum Gasteiger partial charge on any atom is -0.322 e. The van der Waals surface area contributed by atoms with Gasteiger partial charge in [0.25, 0.3) is 0 Å². The molecule has 3 N–H and O–H groups in total. The maximum atomic E-state index is 12.2. The maximum absolute atomic E-state index is 12.2. The number of aromatic nitrogens is 2. The largest absolute Gasteiger partial charge is 0.322 e. The second-order valence-electron chi connectivity index (χ2n) is 5.01. The number of rotatable bonds is 2. The summed E-state index contributed by atoms with van der Waals surface area (Å²) in [6.45, 7) is 4.74. The molecule has 5 nitrogen and oxygen atoms in total. The number of aryl methyl sites for hydroxylation is 2. The van der Waals surface area contributed by atoms with Crippen LogP contribution in [0.3, 0.4) is 0 Å². The van der Waals surface area contributed by atoms with Crippen LogP contribution in [0.25, 0.3) is 0 Å². The standard InChI is InChI=1S/C13H22N4O/c1-9-12(10(2)17-16-9)15-13(18)11-7-5-3-4-6-8-14-11/h11,14H,3-8H2,1-2H3,(H,15,18)(H,16,17). The molecule has 1 aliphatic heterocycles. The lowest BCUT2D eigenvalue weighted by Crippen LogP contribution is -2.41. The second-order valence-corrected chi connectivity index (χ2v) is 5.01. The van der Waals surface area contributed by atoms with E-state index in [-0.39, 0.29) is 11.9 Å². The molecule has 0 aliphatic carbocycles. The van der Waals surface area contributed by atoms with Gasteiger partial charge >= 0.3 is 0 Å². The highest BCUT2D eigenvalue weighted by Gasteiger charge is 2.20. The predicted octanol–water partition coefficient (Wildman–Crippen LogP) is 1.89. The number of nitrogens with zero attached hydrogens (tertiary/aromatic N) is 1. The first-order valence-electron chi connectivity index (χ1n) is 6.74. The molecule has 0 spiro atoms. The highest BCUT2D eigenvalue weighted by Crippen LogP contribution is 2.17. The van der Waals surface area contributed by atoms with Crippen LogP contribution in [0.2, 0.25) is 0 Å². The quantitative estimate of drug-likeness (QED) is 0.750. The van der Waals surface area contributed by atoms with E-state index in [9.17, 15) is 4.79 Å². The van der Waals surface area contributed by atoms with Crippen molar-refractivity contribution in [3.63, 3.8) is 0 Å². The average Bonchev–Trinajstić information content (AvgIpc) is 2.60. The minimum absolute atomic E-state index is 0.0597. The zero-order chi connectivity index (χ0) is 13.0. The highest BCUT2D eigenvalue weighted by molar-refractivity contribution is 5.95. The van der Waals surface area contributed by atoms with Crippen LogP contribution in [0, 0.1) is 13.8 Å². The van der Waals surface area contributed by atoms with E-state index >= 15 is 0 Å². The van der Waals surface area contributed by atoms with E-state index in [1.165, 1.54) is 12.8 Å². The summed E-state index contributed by atoms with van der Waals surface area (Å²) < 4.78 is 0. The lowest BCUT2D eigenvalue weighted by molar-refractivity contribution is -0.118. The van der Waals surface area contributed by atoms with Gasteiger partial charge in [-0.25, -0.2) is 0 Å².